The molecule has 7 heteroatoms. The normalized spacial score (nSPS) is 20.1. The summed E-state index contributed by atoms with van der Waals surface area (Å²) in [6, 6.07) is 8.07. The average Bonchev–Trinajstić information content (AvgIpc) is 3.48. The third kappa shape index (κ3) is 3.62. The van der Waals surface area contributed by atoms with Gasteiger partial charge in [0, 0.05) is 30.1 Å². The van der Waals surface area contributed by atoms with Gasteiger partial charge >= 0.3 is 5.69 Å². The third-order valence-corrected chi connectivity index (χ3v) is 7.13. The van der Waals surface area contributed by atoms with Crippen LogP contribution < -0.4 is 10.6 Å². The molecule has 2 aromatic rings. The number of carbonyl (C=O) groups excluding carboxylic acids is 1. The Labute approximate surface area is 174 Å². The molecule has 0 saturated carbocycles. The number of amides is 1. The van der Waals surface area contributed by atoms with Crippen molar-refractivity contribution in [3.05, 3.63) is 51.6 Å². The van der Waals surface area contributed by atoms with Crippen molar-refractivity contribution in [1.82, 2.24) is 9.55 Å². The monoisotopic (exact) mass is 411 g/mol. The van der Waals surface area contributed by atoms with Gasteiger partial charge in [0.2, 0.25) is 5.91 Å². The molecule has 1 saturated heterocycles. The maximum absolute atomic E-state index is 12.8. The fourth-order valence-electron chi connectivity index (χ4n) is 4.69. The summed E-state index contributed by atoms with van der Waals surface area (Å²) >= 11 is 1.41. The van der Waals surface area contributed by atoms with E-state index in [1.807, 2.05) is 27.7 Å². The van der Waals surface area contributed by atoms with Crippen LogP contribution in [0.1, 0.15) is 36.1 Å². The molecule has 1 atom stereocenters. The summed E-state index contributed by atoms with van der Waals surface area (Å²) in [5.41, 5.74) is 4.29. The maximum atomic E-state index is 12.8. The maximum Gasteiger partial charge on any atom is 0.348 e. The van der Waals surface area contributed by atoms with Crippen molar-refractivity contribution in [2.24, 2.45) is 0 Å². The van der Waals surface area contributed by atoms with Gasteiger partial charge in [0.25, 0.3) is 0 Å². The van der Waals surface area contributed by atoms with Crippen molar-refractivity contribution in [3.8, 4) is 0 Å². The predicted molar refractivity (Wildman–Crippen MR) is 113 cm³/mol. The second-order valence-electron chi connectivity index (χ2n) is 7.94. The Morgan fingerprint density at radius 3 is 2.97 bits per heavy atom. The number of carbonyl (C=O) groups is 1. The summed E-state index contributed by atoms with van der Waals surface area (Å²) in [7, 11) is 0. The molecule has 1 amide bonds. The van der Waals surface area contributed by atoms with E-state index in [0.29, 0.717) is 12.3 Å². The van der Waals surface area contributed by atoms with E-state index in [-0.39, 0.29) is 17.7 Å². The summed E-state index contributed by atoms with van der Waals surface area (Å²) < 4.78 is 7.54. The van der Waals surface area contributed by atoms with Gasteiger partial charge in [-0.15, -0.1) is 0 Å². The molecule has 29 heavy (non-hydrogen) atoms. The second-order valence-corrected chi connectivity index (χ2v) is 8.90. The number of nitrogens with zero attached hydrogens (tertiary/aromatic N) is 3. The Hall–Kier alpha value is -2.12. The van der Waals surface area contributed by atoms with Gasteiger partial charge in [0.05, 0.1) is 18.4 Å². The highest BCUT2D eigenvalue weighted by Crippen LogP contribution is 2.32. The molecule has 0 N–H and O–H groups in total. The predicted octanol–water partition coefficient (Wildman–Crippen LogP) is 2.59. The average molecular weight is 412 g/mol. The molecule has 1 aliphatic carbocycles. The molecule has 2 aliphatic heterocycles. The highest BCUT2D eigenvalue weighted by molar-refractivity contribution is 8.00. The number of para-hydroxylation sites is 1. The highest BCUT2D eigenvalue weighted by atomic mass is 32.2. The molecule has 1 aromatic heterocycles. The number of rotatable bonds is 5. The standard InChI is InChI=1S/C22H25N3O3S/c26-20(24-11-10-15-5-1-2-8-18(15)24)14-29-21-17-7-3-9-19(17)25(22(27)23-21)13-16-6-4-12-28-16/h1-2,5,8,16H,3-4,6-7,9-14H2/t16-/m0/s1. The minimum absolute atomic E-state index is 0.0806. The molecule has 152 valence electrons. The van der Waals surface area contributed by atoms with E-state index in [1.165, 1.54) is 17.3 Å². The molecular weight excluding hydrogens is 386 g/mol. The third-order valence-electron chi connectivity index (χ3n) is 6.13. The SMILES string of the molecule is O=C(CSc1nc(=O)n(C[C@@H]2CCCO2)c2c1CCC2)N1CCc2ccccc21. The molecule has 6 nitrogen and oxygen atoms in total. The van der Waals surface area contributed by atoms with Crippen molar-refractivity contribution >= 4 is 23.4 Å². The first-order chi connectivity index (χ1) is 14.2. The molecule has 0 bridgehead atoms. The zero-order valence-corrected chi connectivity index (χ0v) is 17.2. The Morgan fingerprint density at radius 2 is 2.10 bits per heavy atom. The molecule has 0 radical (unpaired) electrons. The number of anilines is 1. The lowest BCUT2D eigenvalue weighted by molar-refractivity contribution is -0.116. The summed E-state index contributed by atoms with van der Waals surface area (Å²) in [5.74, 6) is 0.389. The minimum Gasteiger partial charge on any atom is -0.376 e. The van der Waals surface area contributed by atoms with Crippen LogP contribution in [0.15, 0.2) is 34.1 Å². The van der Waals surface area contributed by atoms with Crippen LogP contribution in [0.5, 0.6) is 0 Å². The van der Waals surface area contributed by atoms with E-state index in [4.69, 9.17) is 4.74 Å². The quantitative estimate of drug-likeness (QED) is 0.559. The number of hydrogen-bond acceptors (Lipinski definition) is 5. The minimum atomic E-state index is -0.206. The number of hydrogen-bond donors (Lipinski definition) is 0. The zero-order chi connectivity index (χ0) is 19.8. The Kier molecular flexibility index (Phi) is 5.18. The number of thioether (sulfide) groups is 1. The Balaban J connectivity index is 1.33. The fraction of sp³-hybridized carbons (Fsp3) is 0.500. The van der Waals surface area contributed by atoms with Crippen LogP contribution in [0.4, 0.5) is 5.69 Å². The molecule has 3 aliphatic rings. The van der Waals surface area contributed by atoms with Gasteiger partial charge in [-0.25, -0.2) is 4.79 Å². The van der Waals surface area contributed by atoms with Gasteiger partial charge in [0.1, 0.15) is 5.03 Å². The van der Waals surface area contributed by atoms with Gasteiger partial charge in [-0.1, -0.05) is 30.0 Å². The molecule has 1 aromatic carbocycles. The largest absolute Gasteiger partial charge is 0.376 e. The lowest BCUT2D eigenvalue weighted by Crippen LogP contribution is -2.32. The van der Waals surface area contributed by atoms with Crippen LogP contribution >= 0.6 is 11.8 Å². The van der Waals surface area contributed by atoms with Crippen molar-refractivity contribution in [2.45, 2.75) is 56.2 Å². The first kappa shape index (κ1) is 18.9. The van der Waals surface area contributed by atoms with Gasteiger partial charge in [-0.2, -0.15) is 4.98 Å². The first-order valence-corrected chi connectivity index (χ1v) is 11.4. The number of fused-ring (bicyclic) bond motifs is 2. The second kappa shape index (κ2) is 7.95. The topological polar surface area (TPSA) is 64.4 Å². The van der Waals surface area contributed by atoms with Crippen molar-refractivity contribution in [3.63, 3.8) is 0 Å². The lowest BCUT2D eigenvalue weighted by atomic mass is 10.2. The van der Waals surface area contributed by atoms with Crippen LogP contribution in [0, 0.1) is 0 Å². The zero-order valence-electron chi connectivity index (χ0n) is 16.4. The number of benzene rings is 1. The van der Waals surface area contributed by atoms with Crippen LogP contribution in [0.25, 0.3) is 0 Å². The van der Waals surface area contributed by atoms with E-state index in [9.17, 15) is 9.59 Å². The van der Waals surface area contributed by atoms with Gasteiger partial charge in [-0.3, -0.25) is 9.36 Å². The van der Waals surface area contributed by atoms with Crippen LogP contribution in [0.2, 0.25) is 0 Å². The Bertz CT molecular complexity index is 997. The number of ether oxygens (including phenoxy) is 1. The highest BCUT2D eigenvalue weighted by Gasteiger charge is 2.27. The molecule has 5 rings (SSSR count). The van der Waals surface area contributed by atoms with Gasteiger partial charge in [-0.05, 0) is 50.2 Å². The van der Waals surface area contributed by atoms with E-state index in [0.717, 1.165) is 73.6 Å². The van der Waals surface area contributed by atoms with Crippen LogP contribution in [-0.4, -0.2) is 40.5 Å². The van der Waals surface area contributed by atoms with Crippen molar-refractivity contribution in [1.29, 1.82) is 0 Å². The number of aromatic nitrogens is 2. The lowest BCUT2D eigenvalue weighted by Gasteiger charge is -2.19. The summed E-state index contributed by atoms with van der Waals surface area (Å²) in [5, 5.41) is 0.743. The Morgan fingerprint density at radius 1 is 1.21 bits per heavy atom. The smallest absolute Gasteiger partial charge is 0.348 e. The molecule has 1 fully saturated rings. The summed E-state index contributed by atoms with van der Waals surface area (Å²) in [4.78, 5) is 31.8. The van der Waals surface area contributed by atoms with Crippen molar-refractivity contribution in [2.75, 3.05) is 23.8 Å². The first-order valence-electron chi connectivity index (χ1n) is 10.5. The fourth-order valence-corrected chi connectivity index (χ4v) is 5.64. The van der Waals surface area contributed by atoms with E-state index in [1.54, 1.807) is 0 Å². The molecular formula is C22H25N3O3S. The summed E-state index contributed by atoms with van der Waals surface area (Å²) in [6.07, 6.45) is 5.95. The van der Waals surface area contributed by atoms with E-state index in [2.05, 4.69) is 11.1 Å². The van der Waals surface area contributed by atoms with Gasteiger partial charge in [0.15, 0.2) is 0 Å². The molecule has 3 heterocycles. The summed E-state index contributed by atoms with van der Waals surface area (Å²) in [6.45, 7) is 2.11. The van der Waals surface area contributed by atoms with Crippen LogP contribution in [0.3, 0.4) is 0 Å². The molecule has 0 spiro atoms. The van der Waals surface area contributed by atoms with E-state index >= 15 is 0 Å². The molecule has 0 unspecified atom stereocenters. The van der Waals surface area contributed by atoms with Crippen LogP contribution in [-0.2, 0) is 35.3 Å². The van der Waals surface area contributed by atoms with Gasteiger partial charge < -0.3 is 9.64 Å². The van der Waals surface area contributed by atoms with E-state index < -0.39 is 0 Å². The van der Waals surface area contributed by atoms with Crippen molar-refractivity contribution < 1.29 is 9.53 Å².